The van der Waals surface area contributed by atoms with E-state index in [-0.39, 0.29) is 12.0 Å². The summed E-state index contributed by atoms with van der Waals surface area (Å²) in [6.45, 7) is 2.96. The Morgan fingerprint density at radius 2 is 1.77 bits per heavy atom. The van der Waals surface area contributed by atoms with Crippen LogP contribution in [0, 0.1) is 0 Å². The molecule has 1 atom stereocenters. The molecule has 0 heterocycles. The Balaban J connectivity index is 1.93. The van der Waals surface area contributed by atoms with Crippen molar-refractivity contribution in [3.05, 3.63) is 65.7 Å². The summed E-state index contributed by atoms with van der Waals surface area (Å²) in [5.74, 6) is 0.638. The van der Waals surface area contributed by atoms with Gasteiger partial charge in [-0.1, -0.05) is 30.3 Å². The second kappa shape index (κ2) is 8.20. The van der Waals surface area contributed by atoms with Crippen LogP contribution in [0.4, 0.5) is 0 Å². The Morgan fingerprint density at radius 3 is 2.36 bits per heavy atom. The molecule has 1 unspecified atom stereocenters. The van der Waals surface area contributed by atoms with Crippen molar-refractivity contribution >= 4 is 5.91 Å². The van der Waals surface area contributed by atoms with Crippen molar-refractivity contribution in [1.82, 2.24) is 5.32 Å². The molecule has 4 heteroatoms. The van der Waals surface area contributed by atoms with E-state index in [0.717, 1.165) is 11.3 Å². The van der Waals surface area contributed by atoms with Crippen molar-refractivity contribution < 1.29 is 14.3 Å². The highest BCUT2D eigenvalue weighted by molar-refractivity contribution is 5.94. The van der Waals surface area contributed by atoms with Gasteiger partial charge in [0.05, 0.1) is 12.7 Å². The van der Waals surface area contributed by atoms with E-state index in [1.165, 1.54) is 0 Å². The largest absolute Gasteiger partial charge is 0.494 e. The Bertz CT molecular complexity index is 581. The molecule has 1 N–H and O–H groups in total. The van der Waals surface area contributed by atoms with Gasteiger partial charge in [0.25, 0.3) is 5.91 Å². The lowest BCUT2D eigenvalue weighted by Gasteiger charge is -2.16. The van der Waals surface area contributed by atoms with E-state index in [9.17, 15) is 4.79 Å². The number of nitrogens with one attached hydrogen (secondary N) is 1. The Hall–Kier alpha value is -2.33. The highest BCUT2D eigenvalue weighted by Gasteiger charge is 2.12. The van der Waals surface area contributed by atoms with Crippen LogP contribution >= 0.6 is 0 Å². The molecule has 0 aliphatic rings. The maximum absolute atomic E-state index is 12.2. The lowest BCUT2D eigenvalue weighted by molar-refractivity contribution is 0.0828. The molecule has 116 valence electrons. The number of amides is 1. The SMILES string of the molecule is CCOc1ccc(C(=O)NCC(OC)c2ccccc2)cc1. The zero-order valence-electron chi connectivity index (χ0n) is 12.9. The quantitative estimate of drug-likeness (QED) is 0.854. The van der Waals surface area contributed by atoms with Crippen molar-refractivity contribution in [3.63, 3.8) is 0 Å². The molecule has 2 aromatic rings. The molecule has 0 aliphatic heterocycles. The molecule has 0 saturated heterocycles. The van der Waals surface area contributed by atoms with Crippen LogP contribution in [0.5, 0.6) is 5.75 Å². The molecule has 0 bridgehead atoms. The molecular formula is C18H21NO3. The predicted molar refractivity (Wildman–Crippen MR) is 86.1 cm³/mol. The molecule has 0 saturated carbocycles. The van der Waals surface area contributed by atoms with E-state index >= 15 is 0 Å². The molecule has 4 nitrogen and oxygen atoms in total. The summed E-state index contributed by atoms with van der Waals surface area (Å²) >= 11 is 0. The zero-order chi connectivity index (χ0) is 15.8. The summed E-state index contributed by atoms with van der Waals surface area (Å²) in [5.41, 5.74) is 1.64. The Kier molecular flexibility index (Phi) is 5.98. The van der Waals surface area contributed by atoms with Crippen LogP contribution in [0.3, 0.4) is 0 Å². The number of hydrogen-bond acceptors (Lipinski definition) is 3. The molecule has 1 amide bonds. The van der Waals surface area contributed by atoms with E-state index in [2.05, 4.69) is 5.32 Å². The van der Waals surface area contributed by atoms with Crippen LogP contribution in [-0.2, 0) is 4.74 Å². The first-order valence-electron chi connectivity index (χ1n) is 7.33. The molecule has 0 radical (unpaired) electrons. The molecule has 0 aliphatic carbocycles. The highest BCUT2D eigenvalue weighted by atomic mass is 16.5. The first kappa shape index (κ1) is 16.0. The second-order valence-corrected chi connectivity index (χ2v) is 4.80. The number of carbonyl (C=O) groups is 1. The maximum Gasteiger partial charge on any atom is 0.251 e. The lowest BCUT2D eigenvalue weighted by atomic mass is 10.1. The van der Waals surface area contributed by atoms with Crippen LogP contribution in [0.2, 0.25) is 0 Å². The number of rotatable bonds is 7. The normalized spacial score (nSPS) is 11.7. The molecule has 2 aromatic carbocycles. The van der Waals surface area contributed by atoms with Crippen LogP contribution < -0.4 is 10.1 Å². The van der Waals surface area contributed by atoms with Gasteiger partial charge < -0.3 is 14.8 Å². The topological polar surface area (TPSA) is 47.6 Å². The predicted octanol–water partition coefficient (Wildman–Crippen LogP) is 3.20. The zero-order valence-corrected chi connectivity index (χ0v) is 12.9. The van der Waals surface area contributed by atoms with Crippen LogP contribution in [0.25, 0.3) is 0 Å². The smallest absolute Gasteiger partial charge is 0.251 e. The summed E-state index contributed by atoms with van der Waals surface area (Å²) in [6, 6.07) is 16.9. The van der Waals surface area contributed by atoms with E-state index < -0.39 is 0 Å². The summed E-state index contributed by atoms with van der Waals surface area (Å²) in [4.78, 5) is 12.2. The molecule has 0 spiro atoms. The summed E-state index contributed by atoms with van der Waals surface area (Å²) < 4.78 is 10.8. The van der Waals surface area contributed by atoms with Crippen LogP contribution in [0.15, 0.2) is 54.6 Å². The average Bonchev–Trinajstić information content (AvgIpc) is 2.57. The van der Waals surface area contributed by atoms with Crippen molar-refractivity contribution in [2.45, 2.75) is 13.0 Å². The van der Waals surface area contributed by atoms with Crippen molar-refractivity contribution in [2.24, 2.45) is 0 Å². The lowest BCUT2D eigenvalue weighted by Crippen LogP contribution is -2.29. The Labute approximate surface area is 131 Å². The van der Waals surface area contributed by atoms with Gasteiger partial charge in [-0.2, -0.15) is 0 Å². The third kappa shape index (κ3) is 4.33. The van der Waals surface area contributed by atoms with E-state index in [0.29, 0.717) is 18.7 Å². The molecular weight excluding hydrogens is 278 g/mol. The first-order chi connectivity index (χ1) is 10.7. The first-order valence-corrected chi connectivity index (χ1v) is 7.33. The van der Waals surface area contributed by atoms with Gasteiger partial charge in [-0.05, 0) is 36.8 Å². The van der Waals surface area contributed by atoms with Gasteiger partial charge in [0.15, 0.2) is 0 Å². The molecule has 22 heavy (non-hydrogen) atoms. The van der Waals surface area contributed by atoms with E-state index in [1.54, 1.807) is 31.4 Å². The number of benzene rings is 2. The fourth-order valence-electron chi connectivity index (χ4n) is 2.16. The monoisotopic (exact) mass is 299 g/mol. The highest BCUT2D eigenvalue weighted by Crippen LogP contribution is 2.16. The van der Waals surface area contributed by atoms with Gasteiger partial charge in [-0.3, -0.25) is 4.79 Å². The van der Waals surface area contributed by atoms with E-state index in [1.807, 2.05) is 37.3 Å². The van der Waals surface area contributed by atoms with Gasteiger partial charge in [0.1, 0.15) is 5.75 Å². The van der Waals surface area contributed by atoms with Gasteiger partial charge in [0.2, 0.25) is 0 Å². The molecule has 0 fully saturated rings. The van der Waals surface area contributed by atoms with Gasteiger partial charge >= 0.3 is 0 Å². The standard InChI is InChI=1S/C18H21NO3/c1-3-22-16-11-9-15(10-12-16)18(20)19-13-17(21-2)14-7-5-4-6-8-14/h4-12,17H,3,13H2,1-2H3,(H,19,20). The van der Waals surface area contributed by atoms with Crippen molar-refractivity contribution in [2.75, 3.05) is 20.3 Å². The van der Waals surface area contributed by atoms with Crippen molar-refractivity contribution in [1.29, 1.82) is 0 Å². The summed E-state index contributed by atoms with van der Waals surface area (Å²) in [5, 5.41) is 2.90. The molecule has 0 aromatic heterocycles. The average molecular weight is 299 g/mol. The van der Waals surface area contributed by atoms with Crippen LogP contribution in [-0.4, -0.2) is 26.2 Å². The fourth-order valence-corrected chi connectivity index (χ4v) is 2.16. The number of hydrogen-bond donors (Lipinski definition) is 1. The van der Waals surface area contributed by atoms with Gasteiger partial charge in [-0.15, -0.1) is 0 Å². The molecule has 2 rings (SSSR count). The Morgan fingerprint density at radius 1 is 1.09 bits per heavy atom. The summed E-state index contributed by atoms with van der Waals surface area (Å²) in [7, 11) is 1.64. The fraction of sp³-hybridized carbons (Fsp3) is 0.278. The van der Waals surface area contributed by atoms with Gasteiger partial charge in [0, 0.05) is 19.2 Å². The third-order valence-corrected chi connectivity index (χ3v) is 3.33. The number of methoxy groups -OCH3 is 1. The minimum atomic E-state index is -0.159. The minimum Gasteiger partial charge on any atom is -0.494 e. The number of carbonyl (C=O) groups excluding carboxylic acids is 1. The minimum absolute atomic E-state index is 0.124. The summed E-state index contributed by atoms with van der Waals surface area (Å²) in [6.07, 6.45) is -0.159. The van der Waals surface area contributed by atoms with Crippen LogP contribution in [0.1, 0.15) is 28.9 Å². The van der Waals surface area contributed by atoms with E-state index in [4.69, 9.17) is 9.47 Å². The van der Waals surface area contributed by atoms with Crippen molar-refractivity contribution in [3.8, 4) is 5.75 Å². The maximum atomic E-state index is 12.2. The van der Waals surface area contributed by atoms with Gasteiger partial charge in [-0.25, -0.2) is 0 Å². The number of ether oxygens (including phenoxy) is 2. The third-order valence-electron chi connectivity index (χ3n) is 3.33. The second-order valence-electron chi connectivity index (χ2n) is 4.80.